The third kappa shape index (κ3) is 8.62. The van der Waals surface area contributed by atoms with Crippen molar-refractivity contribution >= 4 is 38.9 Å². The molecule has 0 spiro atoms. The fourth-order valence-electron chi connectivity index (χ4n) is 5.99. The van der Waals surface area contributed by atoms with E-state index >= 15 is 0 Å². The molecule has 0 aliphatic heterocycles. The summed E-state index contributed by atoms with van der Waals surface area (Å²) in [7, 11) is 1.98. The molecule has 1 aromatic heterocycles. The van der Waals surface area contributed by atoms with Gasteiger partial charge in [-0.2, -0.15) is 10.5 Å². The number of aromatic nitrogens is 2. The molecule has 0 aliphatic rings. The number of hydrogen-bond donors (Lipinski definition) is 0. The molecule has 0 unspecified atom stereocenters. The fourth-order valence-corrected chi connectivity index (χ4v) is 11.2. The van der Waals surface area contributed by atoms with E-state index in [-0.39, 0.29) is 31.1 Å². The Bertz CT molecular complexity index is 1820. The van der Waals surface area contributed by atoms with E-state index in [0.717, 1.165) is 41.0 Å². The molecule has 0 N–H and O–H groups in total. The number of hydrogen-bond acceptors (Lipinski definition) is 3. The minimum absolute atomic E-state index is 0. The molecule has 0 saturated heterocycles. The van der Waals surface area contributed by atoms with Crippen LogP contribution in [-0.4, -0.2) is 27.3 Å². The van der Waals surface area contributed by atoms with Crippen molar-refractivity contribution in [1.29, 1.82) is 11.9 Å². The van der Waals surface area contributed by atoms with Crippen molar-refractivity contribution in [1.82, 2.24) is 9.55 Å². The van der Waals surface area contributed by atoms with Gasteiger partial charge in [0.25, 0.3) is 0 Å². The smallest absolute Gasteiger partial charge is 0.196 e. The van der Waals surface area contributed by atoms with Gasteiger partial charge >= 0.3 is 0 Å². The summed E-state index contributed by atoms with van der Waals surface area (Å²) in [6.45, 7) is 31.8. The first kappa shape index (κ1) is 38.2. The third-order valence-electron chi connectivity index (χ3n) is 8.13. The van der Waals surface area contributed by atoms with Crippen LogP contribution in [0.1, 0.15) is 71.6 Å². The van der Waals surface area contributed by atoms with E-state index in [2.05, 4.69) is 107 Å². The number of benzene rings is 3. The van der Waals surface area contributed by atoms with Gasteiger partial charge in [0.15, 0.2) is 11.4 Å². The zero-order chi connectivity index (χ0) is 34.4. The average Bonchev–Trinajstić information content (AvgIpc) is 3.42. The van der Waals surface area contributed by atoms with Crippen molar-refractivity contribution in [2.24, 2.45) is 0 Å². The molecular weight excluding hydrogens is 805 g/mol. The molecule has 6 nitrogen and oxygen atoms in total. The summed E-state index contributed by atoms with van der Waals surface area (Å²) in [5.41, 5.74) is 10.9. The van der Waals surface area contributed by atoms with Gasteiger partial charge in [-0.05, 0) is 60.8 Å². The number of aryl methyl sites for hydroxylation is 1. The summed E-state index contributed by atoms with van der Waals surface area (Å²) in [6, 6.07) is 22.5. The number of imidazole rings is 1. The molecule has 228 valence electrons. The van der Waals surface area contributed by atoms with E-state index in [0.29, 0.717) is 39.1 Å². The average molecular weight is 846 g/mol. The minimum atomic E-state index is -1.77. The van der Waals surface area contributed by atoms with Crippen LogP contribution in [0.4, 0.5) is 11.4 Å². The number of nitrogens with zero attached hydrogens (tertiary/aromatic N) is 6. The number of fused-ring (bicyclic) bond motifs is 1. The van der Waals surface area contributed by atoms with E-state index in [1.165, 1.54) is 0 Å². The first-order valence-corrected chi connectivity index (χ1v) is 17.1. The van der Waals surface area contributed by atoms with Crippen LogP contribution in [0.25, 0.3) is 32.1 Å². The van der Waals surface area contributed by atoms with Gasteiger partial charge in [-0.1, -0.05) is 78.7 Å². The first-order valence-electron chi connectivity index (χ1n) is 15.5. The van der Waals surface area contributed by atoms with Crippen molar-refractivity contribution in [2.45, 2.75) is 78.1 Å². The molecule has 0 fully saturated rings. The normalized spacial score (nSPS) is 10.3. The Morgan fingerprint density at radius 2 is 1.37 bits per heavy atom. The summed E-state index contributed by atoms with van der Waals surface area (Å²) < 4.78 is 7.41. The Labute approximate surface area is 302 Å². The summed E-state index contributed by atoms with van der Waals surface area (Å²) in [5, 5.41) is 16.9. The monoisotopic (exact) mass is 845 g/mol. The molecule has 0 atom stereocenters. The van der Waals surface area contributed by atoms with Crippen molar-refractivity contribution < 1.29 is 31.1 Å². The third-order valence-corrected chi connectivity index (χ3v) is 14.4. The van der Waals surface area contributed by atoms with Crippen LogP contribution in [0.15, 0.2) is 60.7 Å². The van der Waals surface area contributed by atoms with Crippen molar-refractivity contribution in [3.05, 3.63) is 100 Å². The molecule has 4 aromatic rings. The number of nitriles is 2. The second kappa shape index (κ2) is 18.2. The van der Waals surface area contributed by atoms with Gasteiger partial charge in [-0.25, -0.2) is 4.98 Å². The molecule has 0 aliphatic carbocycles. The number of rotatable bonds is 6. The van der Waals surface area contributed by atoms with E-state index in [1.54, 1.807) is 36.4 Å². The Morgan fingerprint density at radius 1 is 0.870 bits per heavy atom. The molecule has 46 heavy (non-hydrogen) atoms. The van der Waals surface area contributed by atoms with Crippen LogP contribution in [0.5, 0.6) is 0 Å². The zero-order valence-electron chi connectivity index (χ0n) is 28.7. The molecule has 1 heterocycles. The van der Waals surface area contributed by atoms with Crippen molar-refractivity contribution in [2.75, 3.05) is 0 Å². The van der Waals surface area contributed by atoms with Crippen LogP contribution in [0.2, 0.25) is 16.6 Å². The maximum atomic E-state index is 8.45. The Hall–Kier alpha value is -4.02. The fraction of sp³-hybridized carbons (Fsp3) is 0.324. The van der Waals surface area contributed by atoms with Gasteiger partial charge in [0, 0.05) is 57.2 Å². The SMILES string of the molecule is N#Cc1ccccc1C#N.[2H][B].[C-]#[N+]c1cc2nc(-c3ccc(C#C[Si](C(C)C)(C(C)C)C(C)C)cc3)n(CCC)c2cc1[N+]#[C-].[U]. The van der Waals surface area contributed by atoms with E-state index in [4.69, 9.17) is 30.0 Å². The summed E-state index contributed by atoms with van der Waals surface area (Å²) in [5.74, 6) is 4.39. The topological polar surface area (TPSA) is 74.1 Å². The predicted molar refractivity (Wildman–Crippen MR) is 189 cm³/mol. The Kier molecular flexibility index (Phi) is 15.1. The Balaban J connectivity index is 0.000000720. The largest absolute Gasteiger partial charge is 0.325 e. The van der Waals surface area contributed by atoms with Crippen molar-refractivity contribution in [3.63, 3.8) is 0 Å². The van der Waals surface area contributed by atoms with Gasteiger partial charge in [-0.15, -0.1) is 5.54 Å². The molecule has 4 rings (SSSR count). The quantitative estimate of drug-likeness (QED) is 0.110. The molecule has 2 radical (unpaired) electrons. The van der Waals surface area contributed by atoms with E-state index in [1.807, 2.05) is 12.1 Å². The van der Waals surface area contributed by atoms with Crippen LogP contribution in [0, 0.1) is 78.4 Å². The molecule has 0 saturated carbocycles. The van der Waals surface area contributed by atoms with Crippen molar-refractivity contribution in [3.8, 4) is 35.0 Å². The summed E-state index contributed by atoms with van der Waals surface area (Å²) in [6.07, 6.45) is 0.951. The van der Waals surface area contributed by atoms with Gasteiger partial charge < -0.3 is 4.57 Å². The van der Waals surface area contributed by atoms with Crippen LogP contribution < -0.4 is 0 Å². The second-order valence-electron chi connectivity index (χ2n) is 11.6. The zero-order valence-corrected chi connectivity index (χ0v) is 32.8. The molecule has 0 amide bonds. The van der Waals surface area contributed by atoms with Crippen LogP contribution in [-0.2, 0) is 6.54 Å². The van der Waals surface area contributed by atoms with Gasteiger partial charge in [-0.3, -0.25) is 9.69 Å². The second-order valence-corrected chi connectivity index (χ2v) is 17.2. The molecule has 0 bridgehead atoms. The minimum Gasteiger partial charge on any atom is -0.325 e. The molecule has 3 aromatic carbocycles. The maximum Gasteiger partial charge on any atom is 0.196 e. The molecular formula is C37H39BN6SiU. The van der Waals surface area contributed by atoms with Gasteiger partial charge in [0.1, 0.15) is 26.0 Å². The molecule has 9 heteroatoms. The standard InChI is InChI=1S/C29H34N4Si.C8H4N2.BH.U/c1-10-16-33-28-19-26(31-9)25(30-8)18-27(28)32-29(33)24-13-11-23(12-14-24)15-17-34(20(2)3,21(4)5)22(6)7;9-5-7-3-1-2-4-8(7)6-10;;/h11-14,18-22H,10,16H2,1-7H3;1-4H;1H;/i;;1D;. The maximum absolute atomic E-state index is 8.45. The van der Waals surface area contributed by atoms with E-state index < -0.39 is 8.07 Å². The Morgan fingerprint density at radius 3 is 1.80 bits per heavy atom. The van der Waals surface area contributed by atoms with Gasteiger partial charge in [0.2, 0.25) is 0 Å². The summed E-state index contributed by atoms with van der Waals surface area (Å²) >= 11 is 0. The predicted octanol–water partition coefficient (Wildman–Crippen LogP) is 9.57. The van der Waals surface area contributed by atoms with Crippen LogP contribution in [0.3, 0.4) is 0 Å². The summed E-state index contributed by atoms with van der Waals surface area (Å²) in [4.78, 5) is 11.9. The van der Waals surface area contributed by atoms with Gasteiger partial charge in [0.05, 0.1) is 35.3 Å². The van der Waals surface area contributed by atoms with Crippen LogP contribution >= 0.6 is 0 Å². The van der Waals surface area contributed by atoms with E-state index in [9.17, 15) is 0 Å². The first-order chi connectivity index (χ1) is 22.1.